The highest BCUT2D eigenvalue weighted by Gasteiger charge is 2.09. The molecule has 0 unspecified atom stereocenters. The Hall–Kier alpha value is -2.40. The van der Waals surface area contributed by atoms with E-state index in [-0.39, 0.29) is 11.7 Å². The summed E-state index contributed by atoms with van der Waals surface area (Å²) in [7, 11) is 1.38. The summed E-state index contributed by atoms with van der Waals surface area (Å²) in [5.41, 5.74) is 7.23. The molecule has 5 heteroatoms. The lowest BCUT2D eigenvalue weighted by atomic mass is 10.1. The number of hydrogen-bond acceptors (Lipinski definition) is 3. The third-order valence-corrected chi connectivity index (χ3v) is 2.83. The number of nitrogens with two attached hydrogens (primary N) is 1. The first-order valence-corrected chi connectivity index (χ1v) is 6.08. The summed E-state index contributed by atoms with van der Waals surface area (Å²) in [6.45, 7) is 0.359. The number of halogens is 1. The molecule has 0 heterocycles. The van der Waals surface area contributed by atoms with Gasteiger partial charge in [-0.15, -0.1) is 0 Å². The van der Waals surface area contributed by atoms with E-state index < -0.39 is 5.82 Å². The van der Waals surface area contributed by atoms with E-state index in [1.165, 1.54) is 19.2 Å². The molecule has 0 atom stereocenters. The van der Waals surface area contributed by atoms with Crippen LogP contribution in [0.15, 0.2) is 42.5 Å². The van der Waals surface area contributed by atoms with Gasteiger partial charge < -0.3 is 15.8 Å². The number of carbonyl (C=O) groups is 1. The molecule has 20 heavy (non-hydrogen) atoms. The Morgan fingerprint density at radius 3 is 2.75 bits per heavy atom. The molecule has 2 aromatic rings. The van der Waals surface area contributed by atoms with Gasteiger partial charge in [0.15, 0.2) is 11.6 Å². The predicted molar refractivity (Wildman–Crippen MR) is 75.2 cm³/mol. The van der Waals surface area contributed by atoms with Gasteiger partial charge in [0, 0.05) is 23.9 Å². The largest absolute Gasteiger partial charge is 0.494 e. The first kappa shape index (κ1) is 14.0. The molecule has 2 aromatic carbocycles. The lowest BCUT2D eigenvalue weighted by Crippen LogP contribution is -2.12. The van der Waals surface area contributed by atoms with Crippen molar-refractivity contribution in [3.8, 4) is 5.75 Å². The molecule has 4 nitrogen and oxygen atoms in total. The van der Waals surface area contributed by atoms with E-state index >= 15 is 0 Å². The lowest BCUT2D eigenvalue weighted by Gasteiger charge is -2.08. The third kappa shape index (κ3) is 3.13. The predicted octanol–water partition coefficient (Wildman–Crippen LogP) is 2.55. The smallest absolute Gasteiger partial charge is 0.255 e. The molecule has 0 saturated heterocycles. The molecule has 1 amide bonds. The Balaban J connectivity index is 2.16. The third-order valence-electron chi connectivity index (χ3n) is 2.83. The van der Waals surface area contributed by atoms with Crippen LogP contribution in [0.5, 0.6) is 5.75 Å². The van der Waals surface area contributed by atoms with Gasteiger partial charge in [-0.3, -0.25) is 4.79 Å². The van der Waals surface area contributed by atoms with Crippen molar-refractivity contribution < 1.29 is 13.9 Å². The highest BCUT2D eigenvalue weighted by molar-refractivity contribution is 6.04. The highest BCUT2D eigenvalue weighted by atomic mass is 19.1. The fourth-order valence-corrected chi connectivity index (χ4v) is 1.79. The Kier molecular flexibility index (Phi) is 4.32. The quantitative estimate of drug-likeness (QED) is 0.900. The van der Waals surface area contributed by atoms with E-state index in [1.807, 2.05) is 6.07 Å². The topological polar surface area (TPSA) is 64.3 Å². The van der Waals surface area contributed by atoms with Crippen LogP contribution in [0.3, 0.4) is 0 Å². The van der Waals surface area contributed by atoms with Crippen LogP contribution < -0.4 is 15.8 Å². The molecule has 0 radical (unpaired) electrons. The van der Waals surface area contributed by atoms with E-state index in [1.54, 1.807) is 24.3 Å². The molecule has 2 rings (SSSR count). The van der Waals surface area contributed by atoms with Crippen molar-refractivity contribution >= 4 is 11.6 Å². The van der Waals surface area contributed by atoms with Gasteiger partial charge in [0.25, 0.3) is 5.91 Å². The number of anilines is 1. The Bertz CT molecular complexity index is 629. The second kappa shape index (κ2) is 6.16. The van der Waals surface area contributed by atoms with Gasteiger partial charge in [0.05, 0.1) is 7.11 Å². The molecule has 0 aliphatic carbocycles. The number of rotatable bonds is 4. The van der Waals surface area contributed by atoms with Crippen molar-refractivity contribution in [1.29, 1.82) is 0 Å². The summed E-state index contributed by atoms with van der Waals surface area (Å²) in [6, 6.07) is 11.2. The lowest BCUT2D eigenvalue weighted by molar-refractivity contribution is 0.102. The number of carbonyl (C=O) groups excluding carboxylic acids is 1. The van der Waals surface area contributed by atoms with Crippen LogP contribution in [0.25, 0.3) is 0 Å². The average molecular weight is 274 g/mol. The Labute approximate surface area is 116 Å². The molecule has 0 aliphatic rings. The van der Waals surface area contributed by atoms with Crippen molar-refractivity contribution in [3.63, 3.8) is 0 Å². The van der Waals surface area contributed by atoms with Crippen LogP contribution in [0.1, 0.15) is 15.9 Å². The van der Waals surface area contributed by atoms with Crippen molar-refractivity contribution in [2.24, 2.45) is 5.73 Å². The number of benzene rings is 2. The average Bonchev–Trinajstić information content (AvgIpc) is 2.47. The maximum Gasteiger partial charge on any atom is 0.255 e. The SMILES string of the molecule is COc1ccc(NC(=O)c2cccc(CN)c2)cc1F. The van der Waals surface area contributed by atoms with Crippen molar-refractivity contribution in [3.05, 3.63) is 59.4 Å². The minimum absolute atomic E-state index is 0.133. The fraction of sp³-hybridized carbons (Fsp3) is 0.133. The van der Waals surface area contributed by atoms with Crippen molar-refractivity contribution in [1.82, 2.24) is 0 Å². The summed E-state index contributed by atoms with van der Waals surface area (Å²) in [5, 5.41) is 2.63. The van der Waals surface area contributed by atoms with Gasteiger partial charge in [-0.25, -0.2) is 4.39 Å². The zero-order valence-corrected chi connectivity index (χ0v) is 11.0. The summed E-state index contributed by atoms with van der Waals surface area (Å²) >= 11 is 0. The van der Waals surface area contributed by atoms with E-state index in [0.29, 0.717) is 17.8 Å². The highest BCUT2D eigenvalue weighted by Crippen LogP contribution is 2.21. The van der Waals surface area contributed by atoms with Gasteiger partial charge in [0.1, 0.15) is 0 Å². The van der Waals surface area contributed by atoms with Gasteiger partial charge in [-0.1, -0.05) is 12.1 Å². The first-order valence-electron chi connectivity index (χ1n) is 6.08. The van der Waals surface area contributed by atoms with Gasteiger partial charge >= 0.3 is 0 Å². The van der Waals surface area contributed by atoms with Gasteiger partial charge in [0.2, 0.25) is 0 Å². The van der Waals surface area contributed by atoms with Crippen LogP contribution in [-0.2, 0) is 6.54 Å². The molecule has 104 valence electrons. The molecule has 0 aromatic heterocycles. The van der Waals surface area contributed by atoms with Crippen LogP contribution in [0.4, 0.5) is 10.1 Å². The standard InChI is InChI=1S/C15H15FN2O2/c1-20-14-6-5-12(8-13(14)16)18-15(19)11-4-2-3-10(7-11)9-17/h2-8H,9,17H2,1H3,(H,18,19). The molecule has 0 spiro atoms. The molecular weight excluding hydrogens is 259 g/mol. The van der Waals surface area contributed by atoms with E-state index in [0.717, 1.165) is 5.56 Å². The van der Waals surface area contributed by atoms with Crippen LogP contribution in [0.2, 0.25) is 0 Å². The maximum absolute atomic E-state index is 13.5. The molecule has 0 fully saturated rings. The molecule has 3 N–H and O–H groups in total. The second-order valence-corrected chi connectivity index (χ2v) is 4.21. The fourth-order valence-electron chi connectivity index (χ4n) is 1.79. The number of hydrogen-bond donors (Lipinski definition) is 2. The molecule has 0 aliphatic heterocycles. The molecular formula is C15H15FN2O2. The summed E-state index contributed by atoms with van der Waals surface area (Å²) in [4.78, 5) is 12.0. The van der Waals surface area contributed by atoms with Crippen LogP contribution >= 0.6 is 0 Å². The van der Waals surface area contributed by atoms with Crippen LogP contribution in [-0.4, -0.2) is 13.0 Å². The zero-order chi connectivity index (χ0) is 14.5. The monoisotopic (exact) mass is 274 g/mol. The van der Waals surface area contributed by atoms with Crippen molar-refractivity contribution in [2.45, 2.75) is 6.54 Å². The minimum Gasteiger partial charge on any atom is -0.494 e. The minimum atomic E-state index is -0.527. The van der Waals surface area contributed by atoms with E-state index in [4.69, 9.17) is 10.5 Å². The summed E-state index contributed by atoms with van der Waals surface area (Å²) in [5.74, 6) is -0.709. The van der Waals surface area contributed by atoms with Crippen molar-refractivity contribution in [2.75, 3.05) is 12.4 Å². The summed E-state index contributed by atoms with van der Waals surface area (Å²) < 4.78 is 18.3. The van der Waals surface area contributed by atoms with E-state index in [9.17, 15) is 9.18 Å². The maximum atomic E-state index is 13.5. The molecule has 0 saturated carbocycles. The summed E-state index contributed by atoms with van der Waals surface area (Å²) in [6.07, 6.45) is 0. The molecule has 0 bridgehead atoms. The van der Waals surface area contributed by atoms with Gasteiger partial charge in [-0.05, 0) is 29.8 Å². The number of methoxy groups -OCH3 is 1. The second-order valence-electron chi connectivity index (χ2n) is 4.21. The van der Waals surface area contributed by atoms with Crippen LogP contribution in [0, 0.1) is 5.82 Å². The number of nitrogens with one attached hydrogen (secondary N) is 1. The first-order chi connectivity index (χ1) is 9.63. The number of amides is 1. The van der Waals surface area contributed by atoms with E-state index in [2.05, 4.69) is 5.32 Å². The Morgan fingerprint density at radius 2 is 2.10 bits per heavy atom. The van der Waals surface area contributed by atoms with Gasteiger partial charge in [-0.2, -0.15) is 0 Å². The normalized spacial score (nSPS) is 10.2. The number of ether oxygens (including phenoxy) is 1. The zero-order valence-electron chi connectivity index (χ0n) is 11.0. The Morgan fingerprint density at radius 1 is 1.30 bits per heavy atom.